The molecule has 0 unspecified atom stereocenters. The van der Waals surface area contributed by atoms with E-state index in [1.165, 1.54) is 18.7 Å². The number of benzene rings is 1. The van der Waals surface area contributed by atoms with E-state index < -0.39 is 11.6 Å². The van der Waals surface area contributed by atoms with Crippen LogP contribution in [-0.2, 0) is 9.53 Å². The third kappa shape index (κ3) is 3.39. The summed E-state index contributed by atoms with van der Waals surface area (Å²) >= 11 is 1.36. The van der Waals surface area contributed by atoms with Gasteiger partial charge in [0.15, 0.2) is 28.1 Å². The van der Waals surface area contributed by atoms with Gasteiger partial charge in [-0.05, 0) is 39.2 Å². The Labute approximate surface area is 139 Å². The van der Waals surface area contributed by atoms with Gasteiger partial charge in [-0.15, -0.1) is 0 Å². The molecule has 2 rings (SSSR count). The van der Waals surface area contributed by atoms with Crippen molar-refractivity contribution in [1.82, 2.24) is 9.55 Å². The maximum Gasteiger partial charge on any atom is 0.360 e. The predicted octanol–water partition coefficient (Wildman–Crippen LogP) is 2.70. The Morgan fingerprint density at radius 3 is 2.39 bits per heavy atom. The molecule has 0 bridgehead atoms. The second-order valence-corrected chi connectivity index (χ2v) is 6.23. The van der Waals surface area contributed by atoms with Gasteiger partial charge in [-0.3, -0.25) is 9.36 Å². The van der Waals surface area contributed by atoms with E-state index >= 15 is 0 Å². The number of hydrogen-bond donors (Lipinski definition) is 1. The van der Waals surface area contributed by atoms with Gasteiger partial charge in [0.25, 0.3) is 0 Å². The molecule has 1 aromatic carbocycles. The van der Waals surface area contributed by atoms with Crippen molar-refractivity contribution in [2.75, 3.05) is 12.0 Å². The predicted molar refractivity (Wildman–Crippen MR) is 89.9 cm³/mol. The van der Waals surface area contributed by atoms with Crippen molar-refractivity contribution in [1.29, 1.82) is 0 Å². The summed E-state index contributed by atoms with van der Waals surface area (Å²) in [7, 11) is 0. The lowest BCUT2D eigenvalue weighted by molar-refractivity contribution is -0.132. The number of hydrogen-bond acceptors (Lipinski definition) is 6. The minimum atomic E-state index is -1.23. The SMILES string of the molecule is CSc1nc(N)c(C(=O)OC(C)(C)C(C)=O)n1-c1ccccc1. The van der Waals surface area contributed by atoms with E-state index in [1.807, 2.05) is 36.6 Å². The number of nitrogens with two attached hydrogens (primary N) is 1. The summed E-state index contributed by atoms with van der Waals surface area (Å²) in [6.07, 6.45) is 1.84. The first-order valence-corrected chi connectivity index (χ1v) is 8.22. The molecule has 0 aliphatic rings. The van der Waals surface area contributed by atoms with Gasteiger partial charge in [0.2, 0.25) is 0 Å². The number of carbonyl (C=O) groups excluding carboxylic acids is 2. The second kappa shape index (κ2) is 6.45. The molecule has 0 atom stereocenters. The van der Waals surface area contributed by atoms with Gasteiger partial charge < -0.3 is 10.5 Å². The van der Waals surface area contributed by atoms with Crippen molar-refractivity contribution in [2.45, 2.75) is 31.5 Å². The van der Waals surface area contributed by atoms with Crippen LogP contribution in [0.3, 0.4) is 0 Å². The van der Waals surface area contributed by atoms with Gasteiger partial charge in [-0.2, -0.15) is 0 Å². The number of thioether (sulfide) groups is 1. The molecule has 1 heterocycles. The third-order valence-electron chi connectivity index (χ3n) is 3.46. The number of ketones is 1. The monoisotopic (exact) mass is 333 g/mol. The molecule has 1 aromatic heterocycles. The molecule has 0 saturated carbocycles. The quantitative estimate of drug-likeness (QED) is 0.668. The fourth-order valence-electron chi connectivity index (χ4n) is 1.92. The lowest BCUT2D eigenvalue weighted by Crippen LogP contribution is -2.36. The smallest absolute Gasteiger partial charge is 0.360 e. The van der Waals surface area contributed by atoms with E-state index in [-0.39, 0.29) is 17.3 Å². The second-order valence-electron chi connectivity index (χ2n) is 5.46. The van der Waals surface area contributed by atoms with Crippen molar-refractivity contribution in [3.8, 4) is 5.69 Å². The molecule has 0 amide bonds. The van der Waals surface area contributed by atoms with Crippen molar-refractivity contribution < 1.29 is 14.3 Å². The normalized spacial score (nSPS) is 11.3. The first-order valence-electron chi connectivity index (χ1n) is 7.00. The number of imidazole rings is 1. The minimum Gasteiger partial charge on any atom is -0.447 e. The van der Waals surface area contributed by atoms with E-state index in [2.05, 4.69) is 4.98 Å². The molecular formula is C16H19N3O3S. The van der Waals surface area contributed by atoms with Crippen LogP contribution in [0.1, 0.15) is 31.3 Å². The topological polar surface area (TPSA) is 87.2 Å². The number of rotatable bonds is 5. The van der Waals surface area contributed by atoms with Crippen LogP contribution in [0.2, 0.25) is 0 Å². The highest BCUT2D eigenvalue weighted by molar-refractivity contribution is 7.98. The fraction of sp³-hybridized carbons (Fsp3) is 0.312. The van der Waals surface area contributed by atoms with Crippen LogP contribution in [0.4, 0.5) is 5.82 Å². The van der Waals surface area contributed by atoms with Crippen LogP contribution >= 0.6 is 11.8 Å². The fourth-order valence-corrected chi connectivity index (χ4v) is 2.49. The molecule has 7 heteroatoms. The number of para-hydroxylation sites is 1. The van der Waals surface area contributed by atoms with Gasteiger partial charge in [0.1, 0.15) is 0 Å². The van der Waals surface area contributed by atoms with Crippen molar-refractivity contribution >= 4 is 29.3 Å². The van der Waals surface area contributed by atoms with Gasteiger partial charge in [0.05, 0.1) is 0 Å². The first kappa shape index (κ1) is 17.1. The molecule has 0 radical (unpaired) electrons. The summed E-state index contributed by atoms with van der Waals surface area (Å²) in [4.78, 5) is 28.4. The molecule has 0 aliphatic carbocycles. The number of anilines is 1. The Kier molecular flexibility index (Phi) is 4.79. The van der Waals surface area contributed by atoms with E-state index in [4.69, 9.17) is 10.5 Å². The number of aromatic nitrogens is 2. The molecule has 122 valence electrons. The number of Topliss-reactive ketones (excluding diaryl/α,β-unsaturated/α-hetero) is 1. The van der Waals surface area contributed by atoms with Crippen LogP contribution in [0.15, 0.2) is 35.5 Å². The Hall–Kier alpha value is -2.28. The molecule has 0 fully saturated rings. The van der Waals surface area contributed by atoms with Crippen LogP contribution < -0.4 is 5.73 Å². The summed E-state index contributed by atoms with van der Waals surface area (Å²) in [5, 5.41) is 0.571. The van der Waals surface area contributed by atoms with Crippen molar-refractivity contribution in [3.63, 3.8) is 0 Å². The molecule has 0 aliphatic heterocycles. The molecular weight excluding hydrogens is 314 g/mol. The van der Waals surface area contributed by atoms with Crippen molar-refractivity contribution in [2.24, 2.45) is 0 Å². The van der Waals surface area contributed by atoms with Crippen molar-refractivity contribution in [3.05, 3.63) is 36.0 Å². The average molecular weight is 333 g/mol. The number of esters is 1. The summed E-state index contributed by atoms with van der Waals surface area (Å²) in [6.45, 7) is 4.46. The molecule has 23 heavy (non-hydrogen) atoms. The highest BCUT2D eigenvalue weighted by atomic mass is 32.2. The summed E-state index contributed by atoms with van der Waals surface area (Å²) in [6, 6.07) is 9.26. The van der Waals surface area contributed by atoms with E-state index in [0.29, 0.717) is 5.16 Å². The molecule has 2 aromatic rings. The van der Waals surface area contributed by atoms with Gasteiger partial charge in [-0.1, -0.05) is 30.0 Å². The summed E-state index contributed by atoms with van der Waals surface area (Å²) in [5.41, 5.74) is 5.56. The van der Waals surface area contributed by atoms with Gasteiger partial charge in [-0.25, -0.2) is 9.78 Å². The lowest BCUT2D eigenvalue weighted by atomic mass is 10.1. The molecule has 0 spiro atoms. The standard InChI is InChI=1S/C16H19N3O3S/c1-10(20)16(2,3)22-14(21)12-13(17)18-15(23-4)19(12)11-8-6-5-7-9-11/h5-9H,17H2,1-4H3. The average Bonchev–Trinajstić information content (AvgIpc) is 2.84. The summed E-state index contributed by atoms with van der Waals surface area (Å²) < 4.78 is 6.99. The van der Waals surface area contributed by atoms with Crippen LogP contribution in [-0.4, -0.2) is 33.2 Å². The Bertz CT molecular complexity index is 739. The number of nitrogen functional groups attached to an aromatic ring is 1. The number of nitrogens with zero attached hydrogens (tertiary/aromatic N) is 2. The highest BCUT2D eigenvalue weighted by Gasteiger charge is 2.32. The zero-order valence-electron chi connectivity index (χ0n) is 13.5. The Balaban J connectivity index is 2.53. The van der Waals surface area contributed by atoms with E-state index in [9.17, 15) is 9.59 Å². The number of ether oxygens (including phenoxy) is 1. The lowest BCUT2D eigenvalue weighted by Gasteiger charge is -2.22. The zero-order chi connectivity index (χ0) is 17.2. The maximum absolute atomic E-state index is 12.6. The highest BCUT2D eigenvalue weighted by Crippen LogP contribution is 2.27. The number of carbonyl (C=O) groups is 2. The molecule has 0 saturated heterocycles. The molecule has 2 N–H and O–H groups in total. The first-order chi connectivity index (χ1) is 10.8. The zero-order valence-corrected chi connectivity index (χ0v) is 14.3. The van der Waals surface area contributed by atoms with E-state index in [1.54, 1.807) is 18.4 Å². The van der Waals surface area contributed by atoms with Gasteiger partial charge >= 0.3 is 5.97 Å². The van der Waals surface area contributed by atoms with Crippen LogP contribution in [0, 0.1) is 0 Å². The largest absolute Gasteiger partial charge is 0.447 e. The maximum atomic E-state index is 12.6. The van der Waals surface area contributed by atoms with Crippen LogP contribution in [0.5, 0.6) is 0 Å². The Morgan fingerprint density at radius 2 is 1.87 bits per heavy atom. The molecule has 6 nitrogen and oxygen atoms in total. The summed E-state index contributed by atoms with van der Waals surface area (Å²) in [5.74, 6) is -0.859. The van der Waals surface area contributed by atoms with E-state index in [0.717, 1.165) is 5.69 Å². The van der Waals surface area contributed by atoms with Gasteiger partial charge in [0, 0.05) is 5.69 Å². The Morgan fingerprint density at radius 1 is 1.26 bits per heavy atom. The van der Waals surface area contributed by atoms with Crippen LogP contribution in [0.25, 0.3) is 5.69 Å². The third-order valence-corrected chi connectivity index (χ3v) is 4.10. The minimum absolute atomic E-state index is 0.0718.